The van der Waals surface area contributed by atoms with Crippen LogP contribution in [0.1, 0.15) is 19.3 Å². The molecule has 1 saturated heterocycles. The van der Waals surface area contributed by atoms with Crippen LogP contribution in [0.4, 0.5) is 8.78 Å². The van der Waals surface area contributed by atoms with Gasteiger partial charge in [0, 0.05) is 24.0 Å². The van der Waals surface area contributed by atoms with Gasteiger partial charge in [-0.2, -0.15) is 0 Å². The predicted molar refractivity (Wildman–Crippen MR) is 101 cm³/mol. The number of benzene rings is 2. The van der Waals surface area contributed by atoms with E-state index in [-0.39, 0.29) is 11.8 Å². The van der Waals surface area contributed by atoms with Crippen molar-refractivity contribution in [2.24, 2.45) is 0 Å². The van der Waals surface area contributed by atoms with Gasteiger partial charge in [-0.25, -0.2) is 8.78 Å². The van der Waals surface area contributed by atoms with E-state index in [1.807, 2.05) is 30.3 Å². The van der Waals surface area contributed by atoms with Gasteiger partial charge in [0.2, 0.25) is 0 Å². The van der Waals surface area contributed by atoms with E-state index in [4.69, 9.17) is 4.74 Å². The monoisotopic (exact) mass is 387 g/mol. The smallest absolute Gasteiger partial charge is 0.196 e. The van der Waals surface area contributed by atoms with Crippen LogP contribution < -0.4 is 0 Å². The molecule has 2 aromatic carbocycles. The minimum Gasteiger partial charge on any atom is -0.377 e. The third kappa shape index (κ3) is 4.04. The lowest BCUT2D eigenvalue weighted by Gasteiger charge is -2.22. The van der Waals surface area contributed by atoms with Gasteiger partial charge in [-0.15, -0.1) is 10.2 Å². The molecule has 0 amide bonds. The molecule has 0 radical (unpaired) electrons. The van der Waals surface area contributed by atoms with Crippen LogP contribution in [0.25, 0.3) is 17.1 Å². The van der Waals surface area contributed by atoms with Gasteiger partial charge in [-0.05, 0) is 31.4 Å². The molecule has 0 bridgehead atoms. The van der Waals surface area contributed by atoms with Crippen LogP contribution in [0.3, 0.4) is 0 Å². The molecule has 0 spiro atoms. The van der Waals surface area contributed by atoms with Crippen molar-refractivity contribution < 1.29 is 13.5 Å². The number of halogens is 2. The lowest BCUT2D eigenvalue weighted by atomic mass is 10.1. The van der Waals surface area contributed by atoms with Gasteiger partial charge in [0.05, 0.1) is 11.8 Å². The van der Waals surface area contributed by atoms with Gasteiger partial charge >= 0.3 is 0 Å². The summed E-state index contributed by atoms with van der Waals surface area (Å²) in [6.07, 6.45) is 3.42. The Morgan fingerprint density at radius 3 is 2.67 bits per heavy atom. The molecule has 1 aliphatic rings. The number of aromatic nitrogens is 3. The third-order valence-corrected chi connectivity index (χ3v) is 5.55. The number of ether oxygens (including phenoxy) is 1. The van der Waals surface area contributed by atoms with E-state index in [0.29, 0.717) is 11.0 Å². The van der Waals surface area contributed by atoms with Gasteiger partial charge in [0.15, 0.2) is 11.0 Å². The Hall–Kier alpha value is -2.25. The SMILES string of the molecule is Fc1ccc(-n2c(SC[C@@H]3CCCCO3)nnc2-c2ccccc2)c(F)c1. The van der Waals surface area contributed by atoms with Crippen molar-refractivity contribution in [2.75, 3.05) is 12.4 Å². The lowest BCUT2D eigenvalue weighted by Crippen LogP contribution is -2.21. The first-order valence-corrected chi connectivity index (χ1v) is 9.91. The van der Waals surface area contributed by atoms with Crippen LogP contribution in [0.5, 0.6) is 0 Å². The minimum absolute atomic E-state index is 0.159. The van der Waals surface area contributed by atoms with E-state index in [2.05, 4.69) is 10.2 Å². The minimum atomic E-state index is -0.650. The molecule has 140 valence electrons. The molecule has 0 aliphatic carbocycles. The second kappa shape index (κ2) is 8.19. The highest BCUT2D eigenvalue weighted by Crippen LogP contribution is 2.30. The molecule has 4 rings (SSSR count). The van der Waals surface area contributed by atoms with Gasteiger partial charge in [0.25, 0.3) is 0 Å². The molecule has 0 unspecified atom stereocenters. The Labute approximate surface area is 160 Å². The first kappa shape index (κ1) is 18.1. The fraction of sp³-hybridized carbons (Fsp3) is 0.300. The van der Waals surface area contributed by atoms with Gasteiger partial charge in [-0.1, -0.05) is 42.1 Å². The van der Waals surface area contributed by atoms with Crippen molar-refractivity contribution in [3.63, 3.8) is 0 Å². The van der Waals surface area contributed by atoms with Crippen molar-refractivity contribution in [1.82, 2.24) is 14.8 Å². The zero-order valence-electron chi connectivity index (χ0n) is 14.6. The summed E-state index contributed by atoms with van der Waals surface area (Å²) in [6, 6.07) is 13.0. The van der Waals surface area contributed by atoms with Crippen LogP contribution in [0, 0.1) is 11.6 Å². The molecule has 0 saturated carbocycles. The van der Waals surface area contributed by atoms with Crippen LogP contribution in [0.15, 0.2) is 53.7 Å². The van der Waals surface area contributed by atoms with Crippen molar-refractivity contribution in [2.45, 2.75) is 30.5 Å². The molecule has 7 heteroatoms. The second-order valence-electron chi connectivity index (χ2n) is 6.40. The summed E-state index contributed by atoms with van der Waals surface area (Å²) in [5, 5.41) is 9.12. The number of hydrogen-bond donors (Lipinski definition) is 0. The fourth-order valence-electron chi connectivity index (χ4n) is 3.12. The number of hydrogen-bond acceptors (Lipinski definition) is 4. The maximum atomic E-state index is 14.5. The molecular formula is C20H19F2N3OS. The summed E-state index contributed by atoms with van der Waals surface area (Å²) >= 11 is 1.48. The molecule has 1 atom stereocenters. The topological polar surface area (TPSA) is 39.9 Å². The van der Waals surface area contributed by atoms with E-state index in [0.717, 1.165) is 43.3 Å². The standard InChI is InChI=1S/C20H19F2N3OS/c21-15-9-10-18(17(22)12-15)25-19(14-6-2-1-3-7-14)23-24-20(25)27-13-16-8-4-5-11-26-16/h1-3,6-7,9-10,12,16H,4-5,8,11,13H2/t16-/m0/s1. The fourth-order valence-corrected chi connectivity index (χ4v) is 4.13. The molecule has 27 heavy (non-hydrogen) atoms. The van der Waals surface area contributed by atoms with Gasteiger partial charge < -0.3 is 4.74 Å². The Balaban J connectivity index is 1.71. The zero-order valence-corrected chi connectivity index (χ0v) is 15.5. The molecular weight excluding hydrogens is 368 g/mol. The molecule has 4 nitrogen and oxygen atoms in total. The Morgan fingerprint density at radius 2 is 1.93 bits per heavy atom. The number of nitrogens with zero attached hydrogens (tertiary/aromatic N) is 3. The van der Waals surface area contributed by atoms with Crippen LogP contribution in [-0.4, -0.2) is 33.2 Å². The van der Waals surface area contributed by atoms with Gasteiger partial charge in [-0.3, -0.25) is 4.57 Å². The zero-order chi connectivity index (χ0) is 18.6. The molecule has 1 fully saturated rings. The van der Waals surface area contributed by atoms with Crippen molar-refractivity contribution >= 4 is 11.8 Å². The van der Waals surface area contributed by atoms with Gasteiger partial charge in [0.1, 0.15) is 11.6 Å². The average Bonchev–Trinajstić information content (AvgIpc) is 3.11. The Morgan fingerprint density at radius 1 is 1.07 bits per heavy atom. The van der Waals surface area contributed by atoms with Crippen molar-refractivity contribution in [3.8, 4) is 17.1 Å². The van der Waals surface area contributed by atoms with E-state index >= 15 is 0 Å². The highest BCUT2D eigenvalue weighted by molar-refractivity contribution is 7.99. The van der Waals surface area contributed by atoms with Crippen LogP contribution in [0.2, 0.25) is 0 Å². The quantitative estimate of drug-likeness (QED) is 0.586. The highest BCUT2D eigenvalue weighted by atomic mass is 32.2. The van der Waals surface area contributed by atoms with E-state index in [1.165, 1.54) is 23.9 Å². The normalized spacial score (nSPS) is 17.2. The van der Waals surface area contributed by atoms with E-state index in [9.17, 15) is 8.78 Å². The average molecular weight is 387 g/mol. The summed E-state index contributed by atoms with van der Waals surface area (Å²) in [5.74, 6) is -0.0262. The summed E-state index contributed by atoms with van der Waals surface area (Å²) in [7, 11) is 0. The first-order valence-electron chi connectivity index (χ1n) is 8.93. The highest BCUT2D eigenvalue weighted by Gasteiger charge is 2.21. The number of rotatable bonds is 5. The molecule has 2 heterocycles. The van der Waals surface area contributed by atoms with E-state index in [1.54, 1.807) is 4.57 Å². The Bertz CT molecular complexity index is 911. The third-order valence-electron chi connectivity index (χ3n) is 4.49. The number of thioether (sulfide) groups is 1. The maximum Gasteiger partial charge on any atom is 0.196 e. The summed E-state index contributed by atoms with van der Waals surface area (Å²) in [5.41, 5.74) is 1.04. The van der Waals surface area contributed by atoms with Crippen LogP contribution in [-0.2, 0) is 4.74 Å². The predicted octanol–water partition coefficient (Wildman–Crippen LogP) is 4.87. The molecule has 3 aromatic rings. The summed E-state index contributed by atoms with van der Waals surface area (Å²) in [4.78, 5) is 0. The summed E-state index contributed by atoms with van der Waals surface area (Å²) in [6.45, 7) is 0.778. The van der Waals surface area contributed by atoms with Crippen LogP contribution >= 0.6 is 11.8 Å². The second-order valence-corrected chi connectivity index (χ2v) is 7.39. The Kier molecular flexibility index (Phi) is 5.50. The first-order chi connectivity index (χ1) is 13.2. The molecule has 1 aromatic heterocycles. The molecule has 1 aliphatic heterocycles. The maximum absolute atomic E-state index is 14.5. The van der Waals surface area contributed by atoms with Crippen molar-refractivity contribution in [1.29, 1.82) is 0 Å². The van der Waals surface area contributed by atoms with E-state index < -0.39 is 11.6 Å². The lowest BCUT2D eigenvalue weighted by molar-refractivity contribution is 0.0315. The largest absolute Gasteiger partial charge is 0.377 e. The summed E-state index contributed by atoms with van der Waals surface area (Å²) < 4.78 is 35.4. The molecule has 0 N–H and O–H groups in total. The van der Waals surface area contributed by atoms with Crippen molar-refractivity contribution in [3.05, 3.63) is 60.2 Å².